The van der Waals surface area contributed by atoms with E-state index >= 15 is 0 Å². The van der Waals surface area contributed by atoms with Crippen LogP contribution >= 0.6 is 0 Å². The number of nitrogens with zero attached hydrogens (tertiary/aromatic N) is 1. The number of hydrogen-bond donors (Lipinski definition) is 1. The molecule has 0 aromatic heterocycles. The summed E-state index contributed by atoms with van der Waals surface area (Å²) in [5.41, 5.74) is 9.25. The molecule has 1 heterocycles. The van der Waals surface area contributed by atoms with E-state index in [1.54, 1.807) is 12.1 Å². The third-order valence-electron chi connectivity index (χ3n) is 5.52. The van der Waals surface area contributed by atoms with Crippen LogP contribution in [0.1, 0.15) is 42.0 Å². The molecule has 1 aliphatic carbocycles. The zero-order valence-electron chi connectivity index (χ0n) is 14.2. The topological polar surface area (TPSA) is 46.3 Å². The SMILES string of the molecule is NC1CC(CC(=O)N2CCc3ccccc3[C@@H]2c2ccc(F)cc2)C1. The molecule has 2 aliphatic rings. The van der Waals surface area contributed by atoms with Gasteiger partial charge < -0.3 is 10.6 Å². The molecule has 2 N–H and O–H groups in total. The standard InChI is InChI=1S/C21H23FN2O/c22-17-7-5-16(6-8-17)21-19-4-2-1-3-15(19)9-10-24(21)20(25)13-14-11-18(23)12-14/h1-8,14,18,21H,9-13,23H2/t14?,18?,21-/m0/s1. The molecule has 25 heavy (non-hydrogen) atoms. The van der Waals surface area contributed by atoms with Crippen LogP contribution in [-0.2, 0) is 11.2 Å². The molecule has 1 fully saturated rings. The van der Waals surface area contributed by atoms with Gasteiger partial charge in [0.05, 0.1) is 6.04 Å². The quantitative estimate of drug-likeness (QED) is 0.932. The summed E-state index contributed by atoms with van der Waals surface area (Å²) in [6.07, 6.45) is 3.31. The summed E-state index contributed by atoms with van der Waals surface area (Å²) in [5.74, 6) is 0.337. The Bertz CT molecular complexity index is 768. The van der Waals surface area contributed by atoms with Gasteiger partial charge in [-0.15, -0.1) is 0 Å². The summed E-state index contributed by atoms with van der Waals surface area (Å²) < 4.78 is 13.4. The number of amides is 1. The molecule has 2 aromatic rings. The van der Waals surface area contributed by atoms with Crippen molar-refractivity contribution < 1.29 is 9.18 Å². The molecular formula is C21H23FN2O. The number of rotatable bonds is 3. The maximum Gasteiger partial charge on any atom is 0.223 e. The second kappa shape index (κ2) is 6.60. The Morgan fingerprint density at radius 3 is 2.56 bits per heavy atom. The first-order chi connectivity index (χ1) is 12.1. The predicted octanol–water partition coefficient (Wildman–Crippen LogP) is 3.43. The molecular weight excluding hydrogens is 315 g/mol. The van der Waals surface area contributed by atoms with Gasteiger partial charge >= 0.3 is 0 Å². The number of fused-ring (bicyclic) bond motifs is 1. The summed E-state index contributed by atoms with van der Waals surface area (Å²) in [4.78, 5) is 15.0. The highest BCUT2D eigenvalue weighted by Crippen LogP contribution is 2.37. The van der Waals surface area contributed by atoms with Crippen molar-refractivity contribution in [2.75, 3.05) is 6.54 Å². The molecule has 1 saturated carbocycles. The average molecular weight is 338 g/mol. The van der Waals surface area contributed by atoms with Crippen molar-refractivity contribution in [3.8, 4) is 0 Å². The number of halogens is 1. The van der Waals surface area contributed by atoms with Gasteiger partial charge in [0.25, 0.3) is 0 Å². The minimum Gasteiger partial charge on any atom is -0.331 e. The van der Waals surface area contributed by atoms with Crippen LogP contribution in [0.4, 0.5) is 4.39 Å². The Kier molecular flexibility index (Phi) is 4.30. The number of carbonyl (C=O) groups excluding carboxylic acids is 1. The van der Waals surface area contributed by atoms with Gasteiger partial charge in [-0.1, -0.05) is 36.4 Å². The smallest absolute Gasteiger partial charge is 0.223 e. The van der Waals surface area contributed by atoms with E-state index in [1.165, 1.54) is 17.7 Å². The molecule has 4 heteroatoms. The van der Waals surface area contributed by atoms with Crippen molar-refractivity contribution in [3.05, 3.63) is 71.0 Å². The number of hydrogen-bond acceptors (Lipinski definition) is 2. The van der Waals surface area contributed by atoms with Gasteiger partial charge in [0.15, 0.2) is 0 Å². The van der Waals surface area contributed by atoms with Gasteiger partial charge in [0, 0.05) is 19.0 Å². The monoisotopic (exact) mass is 338 g/mol. The number of benzene rings is 2. The fourth-order valence-electron chi connectivity index (χ4n) is 4.16. The number of carbonyl (C=O) groups is 1. The van der Waals surface area contributed by atoms with Crippen LogP contribution < -0.4 is 5.73 Å². The van der Waals surface area contributed by atoms with Gasteiger partial charge in [-0.05, 0) is 54.0 Å². The van der Waals surface area contributed by atoms with E-state index in [0.29, 0.717) is 18.9 Å². The molecule has 3 nitrogen and oxygen atoms in total. The summed E-state index contributed by atoms with van der Waals surface area (Å²) in [6, 6.07) is 14.9. The highest BCUT2D eigenvalue weighted by atomic mass is 19.1. The maximum atomic E-state index is 13.4. The molecule has 0 unspecified atom stereocenters. The lowest BCUT2D eigenvalue weighted by Crippen LogP contribution is -2.44. The van der Waals surface area contributed by atoms with E-state index in [9.17, 15) is 9.18 Å². The molecule has 130 valence electrons. The Morgan fingerprint density at radius 1 is 1.12 bits per heavy atom. The zero-order valence-corrected chi connectivity index (χ0v) is 14.2. The second-order valence-electron chi connectivity index (χ2n) is 7.29. The van der Waals surface area contributed by atoms with Crippen molar-refractivity contribution in [2.45, 2.75) is 37.8 Å². The Hall–Kier alpha value is -2.20. The molecule has 0 spiro atoms. The fourth-order valence-corrected chi connectivity index (χ4v) is 4.16. The first-order valence-electron chi connectivity index (χ1n) is 9.00. The predicted molar refractivity (Wildman–Crippen MR) is 95.4 cm³/mol. The molecule has 4 rings (SSSR count). The first kappa shape index (κ1) is 16.3. The van der Waals surface area contributed by atoms with Gasteiger partial charge in [0.1, 0.15) is 5.82 Å². The number of nitrogens with two attached hydrogens (primary N) is 1. The van der Waals surface area contributed by atoms with Crippen LogP contribution in [0.15, 0.2) is 48.5 Å². The van der Waals surface area contributed by atoms with E-state index < -0.39 is 0 Å². The molecule has 0 radical (unpaired) electrons. The fraction of sp³-hybridized carbons (Fsp3) is 0.381. The largest absolute Gasteiger partial charge is 0.331 e. The van der Waals surface area contributed by atoms with Gasteiger partial charge in [-0.2, -0.15) is 0 Å². The van der Waals surface area contributed by atoms with Crippen LogP contribution in [0.25, 0.3) is 0 Å². The van der Waals surface area contributed by atoms with Gasteiger partial charge in [0.2, 0.25) is 5.91 Å². The minimum absolute atomic E-state index is 0.133. The zero-order chi connectivity index (χ0) is 17.4. The van der Waals surface area contributed by atoms with Crippen molar-refractivity contribution >= 4 is 5.91 Å². The molecule has 1 atom stereocenters. The van der Waals surface area contributed by atoms with Gasteiger partial charge in [-0.25, -0.2) is 4.39 Å². The normalized spacial score (nSPS) is 25.2. The van der Waals surface area contributed by atoms with Crippen molar-refractivity contribution in [1.29, 1.82) is 0 Å². The van der Waals surface area contributed by atoms with Crippen molar-refractivity contribution in [2.24, 2.45) is 11.7 Å². The summed E-state index contributed by atoms with van der Waals surface area (Å²) in [7, 11) is 0. The molecule has 2 aromatic carbocycles. The van der Waals surface area contributed by atoms with E-state index in [-0.39, 0.29) is 23.8 Å². The van der Waals surface area contributed by atoms with Crippen molar-refractivity contribution in [1.82, 2.24) is 4.90 Å². The summed E-state index contributed by atoms with van der Waals surface area (Å²) >= 11 is 0. The maximum absolute atomic E-state index is 13.4. The average Bonchev–Trinajstić information content (AvgIpc) is 2.60. The Labute approximate surface area is 147 Å². The Morgan fingerprint density at radius 2 is 1.84 bits per heavy atom. The highest BCUT2D eigenvalue weighted by Gasteiger charge is 2.35. The van der Waals surface area contributed by atoms with Crippen LogP contribution in [0, 0.1) is 11.7 Å². The lowest BCUT2D eigenvalue weighted by atomic mass is 9.78. The molecule has 0 bridgehead atoms. The molecule has 0 saturated heterocycles. The van der Waals surface area contributed by atoms with E-state index in [2.05, 4.69) is 12.1 Å². The van der Waals surface area contributed by atoms with Crippen LogP contribution in [0.3, 0.4) is 0 Å². The van der Waals surface area contributed by atoms with Gasteiger partial charge in [-0.3, -0.25) is 4.79 Å². The van der Waals surface area contributed by atoms with E-state index in [4.69, 9.17) is 5.73 Å². The summed E-state index contributed by atoms with van der Waals surface area (Å²) in [5, 5.41) is 0. The van der Waals surface area contributed by atoms with E-state index in [0.717, 1.165) is 30.4 Å². The first-order valence-corrected chi connectivity index (χ1v) is 9.00. The van der Waals surface area contributed by atoms with Crippen LogP contribution in [0.5, 0.6) is 0 Å². The van der Waals surface area contributed by atoms with Crippen LogP contribution in [0.2, 0.25) is 0 Å². The lowest BCUT2D eigenvalue weighted by Gasteiger charge is -2.40. The van der Waals surface area contributed by atoms with E-state index in [1.807, 2.05) is 17.0 Å². The Balaban J connectivity index is 1.65. The molecule has 1 aliphatic heterocycles. The molecule has 1 amide bonds. The van der Waals surface area contributed by atoms with Crippen LogP contribution in [-0.4, -0.2) is 23.4 Å². The minimum atomic E-state index is -0.255. The third-order valence-corrected chi connectivity index (χ3v) is 5.52. The summed E-state index contributed by atoms with van der Waals surface area (Å²) in [6.45, 7) is 0.705. The highest BCUT2D eigenvalue weighted by molar-refractivity contribution is 5.78. The third kappa shape index (κ3) is 3.19. The van der Waals surface area contributed by atoms with Crippen molar-refractivity contribution in [3.63, 3.8) is 0 Å². The second-order valence-corrected chi connectivity index (χ2v) is 7.29. The lowest BCUT2D eigenvalue weighted by molar-refractivity contribution is -0.135.